The molecule has 84 valence electrons. The molecule has 1 atom stereocenters. The summed E-state index contributed by atoms with van der Waals surface area (Å²) in [7, 11) is 3.20. The topological polar surface area (TPSA) is 53.7 Å². The summed E-state index contributed by atoms with van der Waals surface area (Å²) in [4.78, 5) is 0. The highest BCUT2D eigenvalue weighted by Crippen LogP contribution is 2.27. The van der Waals surface area contributed by atoms with E-state index in [1.54, 1.807) is 32.4 Å². The molecule has 0 saturated carbocycles. The molecule has 0 aliphatic rings. The summed E-state index contributed by atoms with van der Waals surface area (Å²) < 4.78 is 15.7. The Morgan fingerprint density at radius 2 is 1.53 bits per heavy atom. The molecule has 0 bridgehead atoms. The molecule has 0 aliphatic heterocycles. The van der Waals surface area contributed by atoms with Crippen molar-refractivity contribution in [1.29, 1.82) is 0 Å². The summed E-state index contributed by atoms with van der Waals surface area (Å²) in [5.41, 5.74) is 5.59. The van der Waals surface area contributed by atoms with Gasteiger partial charge < -0.3 is 19.9 Å². The van der Waals surface area contributed by atoms with Gasteiger partial charge in [0.05, 0.1) is 14.2 Å². The molecule has 1 aromatic rings. The molecule has 0 fully saturated rings. The lowest BCUT2D eigenvalue weighted by Crippen LogP contribution is -2.23. The number of rotatable bonds is 5. The predicted octanol–water partition coefficient (Wildman–Crippen LogP) is 1.43. The second kappa shape index (κ2) is 5.46. The highest BCUT2D eigenvalue weighted by molar-refractivity contribution is 5.41. The largest absolute Gasteiger partial charge is 0.496 e. The Balaban J connectivity index is 2.77. The van der Waals surface area contributed by atoms with E-state index in [4.69, 9.17) is 19.9 Å². The molecule has 0 amide bonds. The van der Waals surface area contributed by atoms with Gasteiger partial charge in [0.1, 0.15) is 23.9 Å². The summed E-state index contributed by atoms with van der Waals surface area (Å²) in [5.74, 6) is 2.10. The third-order valence-corrected chi connectivity index (χ3v) is 1.84. The SMILES string of the molecule is COc1cc(OC)cc(OCC(C)N)c1. The lowest BCUT2D eigenvalue weighted by Gasteiger charge is -2.11. The van der Waals surface area contributed by atoms with Crippen molar-refractivity contribution in [2.75, 3.05) is 20.8 Å². The Bertz CT molecular complexity index is 290. The van der Waals surface area contributed by atoms with Crippen LogP contribution in [0.4, 0.5) is 0 Å². The smallest absolute Gasteiger partial charge is 0.126 e. The van der Waals surface area contributed by atoms with Crippen LogP contribution in [0.15, 0.2) is 18.2 Å². The monoisotopic (exact) mass is 211 g/mol. The van der Waals surface area contributed by atoms with E-state index in [9.17, 15) is 0 Å². The van der Waals surface area contributed by atoms with Gasteiger partial charge in [0, 0.05) is 24.2 Å². The number of hydrogen-bond donors (Lipinski definition) is 1. The summed E-state index contributed by atoms with van der Waals surface area (Å²) in [6.45, 7) is 2.35. The van der Waals surface area contributed by atoms with Crippen LogP contribution >= 0.6 is 0 Å². The normalized spacial score (nSPS) is 12.0. The highest BCUT2D eigenvalue weighted by atomic mass is 16.5. The van der Waals surface area contributed by atoms with Gasteiger partial charge in [-0.05, 0) is 6.92 Å². The molecule has 0 heterocycles. The molecule has 1 aromatic carbocycles. The van der Waals surface area contributed by atoms with Gasteiger partial charge in [0.15, 0.2) is 0 Å². The minimum atomic E-state index is 0.00203. The molecule has 0 aromatic heterocycles. The summed E-state index contributed by atoms with van der Waals surface area (Å²) >= 11 is 0. The summed E-state index contributed by atoms with van der Waals surface area (Å²) in [6, 6.07) is 5.39. The van der Waals surface area contributed by atoms with Crippen LogP contribution in [-0.4, -0.2) is 26.9 Å². The molecule has 1 rings (SSSR count). The first kappa shape index (κ1) is 11.7. The fraction of sp³-hybridized carbons (Fsp3) is 0.455. The maximum Gasteiger partial charge on any atom is 0.126 e. The van der Waals surface area contributed by atoms with Crippen molar-refractivity contribution in [3.05, 3.63) is 18.2 Å². The summed E-state index contributed by atoms with van der Waals surface area (Å²) in [6.07, 6.45) is 0. The van der Waals surface area contributed by atoms with Crippen molar-refractivity contribution in [1.82, 2.24) is 0 Å². The molecule has 4 heteroatoms. The van der Waals surface area contributed by atoms with Gasteiger partial charge in [0.25, 0.3) is 0 Å². The lowest BCUT2D eigenvalue weighted by atomic mass is 10.3. The van der Waals surface area contributed by atoms with Gasteiger partial charge in [-0.1, -0.05) is 0 Å². The fourth-order valence-corrected chi connectivity index (χ4v) is 1.09. The number of benzene rings is 1. The molecular weight excluding hydrogens is 194 g/mol. The van der Waals surface area contributed by atoms with Crippen LogP contribution in [-0.2, 0) is 0 Å². The van der Waals surface area contributed by atoms with Crippen molar-refractivity contribution in [3.8, 4) is 17.2 Å². The lowest BCUT2D eigenvalue weighted by molar-refractivity contribution is 0.291. The van der Waals surface area contributed by atoms with Gasteiger partial charge in [-0.15, -0.1) is 0 Å². The molecule has 4 nitrogen and oxygen atoms in total. The second-order valence-corrected chi connectivity index (χ2v) is 3.34. The zero-order valence-corrected chi connectivity index (χ0v) is 9.32. The Kier molecular flexibility index (Phi) is 4.24. The predicted molar refractivity (Wildman–Crippen MR) is 58.7 cm³/mol. The third-order valence-electron chi connectivity index (χ3n) is 1.84. The number of ether oxygens (including phenoxy) is 3. The van der Waals surface area contributed by atoms with Gasteiger partial charge in [-0.2, -0.15) is 0 Å². The Hall–Kier alpha value is -1.42. The minimum absolute atomic E-state index is 0.00203. The van der Waals surface area contributed by atoms with Gasteiger partial charge in [-0.25, -0.2) is 0 Å². The highest BCUT2D eigenvalue weighted by Gasteiger charge is 2.03. The van der Waals surface area contributed by atoms with E-state index in [0.29, 0.717) is 23.9 Å². The van der Waals surface area contributed by atoms with E-state index in [1.807, 2.05) is 6.92 Å². The van der Waals surface area contributed by atoms with E-state index in [2.05, 4.69) is 0 Å². The van der Waals surface area contributed by atoms with Crippen LogP contribution in [0.1, 0.15) is 6.92 Å². The molecule has 0 spiro atoms. The number of methoxy groups -OCH3 is 2. The van der Waals surface area contributed by atoms with Gasteiger partial charge in [0.2, 0.25) is 0 Å². The average molecular weight is 211 g/mol. The van der Waals surface area contributed by atoms with Crippen molar-refractivity contribution in [2.45, 2.75) is 13.0 Å². The van der Waals surface area contributed by atoms with E-state index in [1.165, 1.54) is 0 Å². The first-order valence-electron chi connectivity index (χ1n) is 4.77. The maximum absolute atomic E-state index is 5.59. The van der Waals surface area contributed by atoms with E-state index < -0.39 is 0 Å². The third kappa shape index (κ3) is 3.67. The molecule has 0 radical (unpaired) electrons. The van der Waals surface area contributed by atoms with Crippen LogP contribution in [0, 0.1) is 0 Å². The zero-order chi connectivity index (χ0) is 11.3. The minimum Gasteiger partial charge on any atom is -0.496 e. The second-order valence-electron chi connectivity index (χ2n) is 3.34. The van der Waals surface area contributed by atoms with Crippen molar-refractivity contribution >= 4 is 0 Å². The molecule has 15 heavy (non-hydrogen) atoms. The van der Waals surface area contributed by atoms with E-state index in [-0.39, 0.29) is 6.04 Å². The Morgan fingerprint density at radius 3 is 1.93 bits per heavy atom. The molecule has 1 unspecified atom stereocenters. The van der Waals surface area contributed by atoms with Crippen LogP contribution in [0.5, 0.6) is 17.2 Å². The first-order chi connectivity index (χ1) is 7.15. The van der Waals surface area contributed by atoms with Crippen LogP contribution in [0.2, 0.25) is 0 Å². The quantitative estimate of drug-likeness (QED) is 0.800. The molecular formula is C11H17NO3. The van der Waals surface area contributed by atoms with Gasteiger partial charge in [-0.3, -0.25) is 0 Å². The Morgan fingerprint density at radius 1 is 1.07 bits per heavy atom. The molecule has 2 N–H and O–H groups in total. The van der Waals surface area contributed by atoms with Crippen molar-refractivity contribution in [2.24, 2.45) is 5.73 Å². The number of hydrogen-bond acceptors (Lipinski definition) is 4. The molecule has 0 saturated heterocycles. The zero-order valence-electron chi connectivity index (χ0n) is 9.32. The number of nitrogens with two attached hydrogens (primary N) is 1. The van der Waals surface area contributed by atoms with Crippen LogP contribution in [0.25, 0.3) is 0 Å². The van der Waals surface area contributed by atoms with Crippen LogP contribution < -0.4 is 19.9 Å². The van der Waals surface area contributed by atoms with Crippen LogP contribution in [0.3, 0.4) is 0 Å². The fourth-order valence-electron chi connectivity index (χ4n) is 1.09. The standard InChI is InChI=1S/C11H17NO3/c1-8(12)7-15-11-5-9(13-2)4-10(6-11)14-3/h4-6,8H,7,12H2,1-3H3. The van der Waals surface area contributed by atoms with E-state index >= 15 is 0 Å². The van der Waals surface area contributed by atoms with Crippen molar-refractivity contribution < 1.29 is 14.2 Å². The average Bonchev–Trinajstić information content (AvgIpc) is 2.25. The Labute approximate surface area is 89.9 Å². The van der Waals surface area contributed by atoms with E-state index in [0.717, 1.165) is 0 Å². The molecule has 0 aliphatic carbocycles. The maximum atomic E-state index is 5.59. The first-order valence-corrected chi connectivity index (χ1v) is 4.77. The summed E-state index contributed by atoms with van der Waals surface area (Å²) in [5, 5.41) is 0. The van der Waals surface area contributed by atoms with Crippen molar-refractivity contribution in [3.63, 3.8) is 0 Å². The van der Waals surface area contributed by atoms with Gasteiger partial charge >= 0.3 is 0 Å².